The first kappa shape index (κ1) is 44.5. The van der Waals surface area contributed by atoms with Crippen molar-refractivity contribution >= 4 is 35.2 Å². The van der Waals surface area contributed by atoms with E-state index in [9.17, 15) is 19.5 Å². The molecule has 4 heterocycles. The van der Waals surface area contributed by atoms with E-state index in [4.69, 9.17) is 33.3 Å². The number of thioether (sulfide) groups is 1. The average Bonchev–Trinajstić information content (AvgIpc) is 3.49. The average molecular weight is 805 g/mol. The number of hydrogen-bond acceptors (Lipinski definition) is 14. The number of ketones is 1. The Morgan fingerprint density at radius 1 is 1.02 bits per heavy atom. The number of ether oxygens (including phenoxy) is 6. The number of aliphatic hydroxyl groups is 1. The number of aliphatic hydroxyl groups excluding tert-OH is 1. The van der Waals surface area contributed by atoms with Crippen LogP contribution in [0.5, 0.6) is 0 Å². The van der Waals surface area contributed by atoms with E-state index in [0.717, 1.165) is 4.90 Å². The monoisotopic (exact) mass is 804 g/mol. The minimum atomic E-state index is -1.20. The summed E-state index contributed by atoms with van der Waals surface area (Å²) in [5.41, 5.74) is -1.94. The summed E-state index contributed by atoms with van der Waals surface area (Å²) >= 11 is 1.65. The van der Waals surface area contributed by atoms with Gasteiger partial charge in [0.05, 0.1) is 49.5 Å². The summed E-state index contributed by atoms with van der Waals surface area (Å²) in [5, 5.41) is 16.1. The second-order valence-electron chi connectivity index (χ2n) is 16.9. The number of fused-ring (bicyclic) bond motifs is 4. The summed E-state index contributed by atoms with van der Waals surface area (Å²) in [4.78, 5) is 50.6. The number of esters is 2. The molecule has 314 valence electrons. The molecule has 14 atom stereocenters. The molecule has 0 saturated carbocycles. The maximum absolute atomic E-state index is 14.5. The molecule has 0 radical (unpaired) electrons. The number of likely N-dealkylation sites (N-methyl/N-ethyl adjacent to an activating group) is 1. The fourth-order valence-corrected chi connectivity index (χ4v) is 10.00. The van der Waals surface area contributed by atoms with Crippen molar-refractivity contribution in [2.75, 3.05) is 39.7 Å². The van der Waals surface area contributed by atoms with Crippen molar-refractivity contribution in [1.82, 2.24) is 4.90 Å². The van der Waals surface area contributed by atoms with E-state index in [1.54, 1.807) is 25.6 Å². The van der Waals surface area contributed by atoms with Gasteiger partial charge in [0.2, 0.25) is 0 Å². The van der Waals surface area contributed by atoms with Gasteiger partial charge in [0.15, 0.2) is 6.29 Å². The van der Waals surface area contributed by atoms with Gasteiger partial charge in [-0.3, -0.25) is 14.4 Å². The zero-order chi connectivity index (χ0) is 40.9. The molecule has 0 unspecified atom stereocenters. The molecule has 0 aliphatic carbocycles. The largest absolute Gasteiger partial charge is 0.458 e. The fourth-order valence-electron chi connectivity index (χ4n) is 9.26. The highest BCUT2D eigenvalue weighted by Crippen LogP contribution is 2.46. The van der Waals surface area contributed by atoms with Gasteiger partial charge in [0, 0.05) is 40.4 Å². The topological polar surface area (TPSA) is 152 Å². The summed E-state index contributed by atoms with van der Waals surface area (Å²) < 4.78 is 38.9. The molecular formula is C42H64N2O11S. The van der Waals surface area contributed by atoms with Gasteiger partial charge in [0.25, 0.3) is 0 Å². The number of benzene rings is 1. The van der Waals surface area contributed by atoms with Crippen LogP contribution < -0.4 is 0 Å². The molecule has 14 heteroatoms. The Kier molecular flexibility index (Phi) is 15.1. The van der Waals surface area contributed by atoms with Crippen LogP contribution in [0.1, 0.15) is 81.1 Å². The van der Waals surface area contributed by atoms with Crippen LogP contribution in [-0.2, 0) is 47.6 Å². The van der Waals surface area contributed by atoms with E-state index >= 15 is 0 Å². The molecule has 4 fully saturated rings. The number of rotatable bonds is 9. The molecule has 4 saturated heterocycles. The zero-order valence-corrected chi connectivity index (χ0v) is 35.6. The van der Waals surface area contributed by atoms with Gasteiger partial charge in [-0.15, -0.1) is 11.8 Å². The highest BCUT2D eigenvalue weighted by atomic mass is 32.2. The first-order valence-electron chi connectivity index (χ1n) is 20.2. The van der Waals surface area contributed by atoms with Crippen LogP contribution >= 0.6 is 11.8 Å². The van der Waals surface area contributed by atoms with Gasteiger partial charge in [-0.2, -0.15) is 0 Å². The Morgan fingerprint density at radius 3 is 2.41 bits per heavy atom. The zero-order valence-electron chi connectivity index (χ0n) is 34.8. The first-order chi connectivity index (χ1) is 26.5. The van der Waals surface area contributed by atoms with Crippen molar-refractivity contribution in [2.45, 2.75) is 140 Å². The molecular weight excluding hydrogens is 741 g/mol. The third-order valence-corrected chi connectivity index (χ3v) is 13.4. The number of oxime groups is 1. The Labute approximate surface area is 336 Å². The molecule has 13 nitrogen and oxygen atoms in total. The summed E-state index contributed by atoms with van der Waals surface area (Å²) in [6, 6.07) is 9.79. The maximum Gasteiger partial charge on any atom is 0.311 e. The van der Waals surface area contributed by atoms with Crippen LogP contribution in [0.4, 0.5) is 0 Å². The van der Waals surface area contributed by atoms with Crippen LogP contribution in [0.2, 0.25) is 0 Å². The molecule has 1 N–H and O–H groups in total. The van der Waals surface area contributed by atoms with E-state index in [2.05, 4.69) is 5.16 Å². The minimum Gasteiger partial charge on any atom is -0.458 e. The first-order valence-corrected chi connectivity index (χ1v) is 21.2. The van der Waals surface area contributed by atoms with E-state index in [1.165, 1.54) is 0 Å². The van der Waals surface area contributed by atoms with E-state index in [-0.39, 0.29) is 44.0 Å². The van der Waals surface area contributed by atoms with Crippen LogP contribution in [0.15, 0.2) is 40.4 Å². The number of hydrogen-bond donors (Lipinski definition) is 1. The number of cyclic esters (lactones) is 1. The Balaban J connectivity index is 1.54. The number of carbonyl (C=O) groups excluding carboxylic acids is 3. The Morgan fingerprint density at radius 2 is 1.73 bits per heavy atom. The van der Waals surface area contributed by atoms with E-state index in [0.29, 0.717) is 30.9 Å². The standard InChI is InChI=1S/C42H64N2O11S/c1-11-33-42(8)31(20-34(45)55-42)26(4)35(46)24(2)21-41(7)38(54-40-36(47)32(44(9)10)19-25(3)52-40)27(5)37(28(6)39(48)53-33)49-22-29(23-50-41)43-51-17-18-56-30-15-13-12-14-16-30/h12-16,24-28,31-33,36-38,40,47H,11,17-23H2,1-10H3/b43-29-/t24-,25-,26-,27+,28-,31+,32+,33-,36-,37+,38-,40+,41-,42+/m1/s1. The van der Waals surface area contributed by atoms with Gasteiger partial charge in [-0.25, -0.2) is 0 Å². The van der Waals surface area contributed by atoms with Crippen LogP contribution in [0.3, 0.4) is 0 Å². The van der Waals surface area contributed by atoms with Gasteiger partial charge < -0.3 is 43.3 Å². The van der Waals surface area contributed by atoms with Crippen molar-refractivity contribution in [1.29, 1.82) is 0 Å². The molecule has 1 aromatic carbocycles. The van der Waals surface area contributed by atoms with Crippen molar-refractivity contribution in [2.24, 2.45) is 34.7 Å². The Hall–Kier alpha value is -2.59. The lowest BCUT2D eigenvalue weighted by atomic mass is 9.70. The summed E-state index contributed by atoms with van der Waals surface area (Å²) in [7, 11) is 3.82. The molecule has 2 bridgehead atoms. The molecule has 56 heavy (non-hydrogen) atoms. The number of Topliss-reactive ketones (excluding diaryl/α,β-unsaturated/α-hetero) is 1. The number of nitrogens with zero attached hydrogens (tertiary/aromatic N) is 2. The molecule has 4 aliphatic heterocycles. The third kappa shape index (κ3) is 9.98. The maximum atomic E-state index is 14.5. The highest BCUT2D eigenvalue weighted by Gasteiger charge is 2.57. The van der Waals surface area contributed by atoms with Crippen LogP contribution in [0.25, 0.3) is 0 Å². The lowest BCUT2D eigenvalue weighted by Gasteiger charge is -2.48. The molecule has 0 amide bonds. The van der Waals surface area contributed by atoms with Crippen molar-refractivity contribution in [3.8, 4) is 0 Å². The predicted molar refractivity (Wildman–Crippen MR) is 211 cm³/mol. The number of carbonyl (C=O) groups is 3. The third-order valence-electron chi connectivity index (χ3n) is 12.4. The molecule has 0 aromatic heterocycles. The molecule has 0 spiro atoms. The van der Waals surface area contributed by atoms with Gasteiger partial charge in [-0.1, -0.05) is 51.0 Å². The van der Waals surface area contributed by atoms with Gasteiger partial charge in [-0.05, 0) is 73.2 Å². The summed E-state index contributed by atoms with van der Waals surface area (Å²) in [6.45, 7) is 15.2. The van der Waals surface area contributed by atoms with Crippen LogP contribution in [-0.4, -0.2) is 127 Å². The quantitative estimate of drug-likeness (QED) is 0.149. The highest BCUT2D eigenvalue weighted by molar-refractivity contribution is 7.99. The normalized spacial score (nSPS) is 40.9. The van der Waals surface area contributed by atoms with E-state index in [1.807, 2.05) is 90.9 Å². The van der Waals surface area contributed by atoms with Crippen molar-refractivity contribution in [3.63, 3.8) is 0 Å². The van der Waals surface area contributed by atoms with Gasteiger partial charge >= 0.3 is 11.9 Å². The predicted octanol–water partition coefficient (Wildman–Crippen LogP) is 5.30. The second-order valence-corrected chi connectivity index (χ2v) is 18.1. The molecule has 1 aromatic rings. The SMILES string of the molecule is CC[C@H]1OC(=O)[C@H](C)[C@H]2OC/C(=N/OCCSc3ccccc3)CO[C@](C)(C[C@@H](C)C(=O)[C@H](C)[C@@H]3CC(=O)O[C@]13C)[C@H](O[C@@H]1O[C@H](C)C[C@H](N(C)C)[C@H]1O)[C@H]2C. The van der Waals surface area contributed by atoms with Crippen LogP contribution in [0, 0.1) is 29.6 Å². The molecule has 5 rings (SSSR count). The summed E-state index contributed by atoms with van der Waals surface area (Å²) in [5.74, 6) is -3.45. The second kappa shape index (κ2) is 19.0. The smallest absolute Gasteiger partial charge is 0.311 e. The van der Waals surface area contributed by atoms with E-state index < -0.39 is 83.4 Å². The minimum absolute atomic E-state index is 0.0102. The lowest BCUT2D eigenvalue weighted by Crippen LogP contribution is -2.60. The fraction of sp³-hybridized carbons (Fsp3) is 0.762. The molecule has 4 aliphatic rings. The van der Waals surface area contributed by atoms with Crippen molar-refractivity contribution in [3.05, 3.63) is 30.3 Å². The summed E-state index contributed by atoms with van der Waals surface area (Å²) in [6.07, 6.45) is -3.51. The van der Waals surface area contributed by atoms with Crippen molar-refractivity contribution < 1.29 is 52.7 Å². The Bertz CT molecular complexity index is 1530. The van der Waals surface area contributed by atoms with Gasteiger partial charge in [0.1, 0.15) is 35.9 Å². The lowest BCUT2D eigenvalue weighted by molar-refractivity contribution is -0.302.